The molecule has 0 bridgehead atoms. The zero-order valence-corrected chi connectivity index (χ0v) is 25.5. The van der Waals surface area contributed by atoms with Crippen LogP contribution in [0.1, 0.15) is 16.4 Å². The van der Waals surface area contributed by atoms with Crippen LogP contribution in [0.2, 0.25) is 0 Å². The lowest BCUT2D eigenvalue weighted by Crippen LogP contribution is -2.33. The standard InChI is InChI=1S/C28H21BrN4O6S3/c29-16-6-10-18(11-7-16)33-25(35)22-21(15-4-2-1-3-5-15)24-27(40-23(22)26(33)36)32(28(37)41-24)14-20(34)31-17-8-12-19(13-9-17)42(30,38)39/h1-13,21-23H,14H2,(H,31,34)(H2,30,38,39)/t21-,22+,23-/m0/s1. The monoisotopic (exact) mass is 684 g/mol. The fraction of sp³-hybridized carbons (Fsp3) is 0.143. The summed E-state index contributed by atoms with van der Waals surface area (Å²) in [6.45, 7) is -0.341. The third-order valence-corrected chi connectivity index (χ3v) is 11.1. The Balaban J connectivity index is 1.35. The summed E-state index contributed by atoms with van der Waals surface area (Å²) < 4.78 is 25.2. The molecule has 1 aromatic heterocycles. The normalized spacial score (nSPS) is 19.9. The molecule has 10 nitrogen and oxygen atoms in total. The third kappa shape index (κ3) is 5.13. The number of nitrogens with two attached hydrogens (primary N) is 1. The summed E-state index contributed by atoms with van der Waals surface area (Å²) in [5.41, 5.74) is 1.57. The predicted molar refractivity (Wildman–Crippen MR) is 163 cm³/mol. The number of halogens is 1. The van der Waals surface area contributed by atoms with Crippen LogP contribution in [-0.2, 0) is 31.0 Å². The number of carbonyl (C=O) groups is 3. The molecule has 2 aliphatic rings. The smallest absolute Gasteiger partial charge is 0.308 e. The number of carbonyl (C=O) groups excluding carboxylic acids is 3. The van der Waals surface area contributed by atoms with E-state index in [-0.39, 0.29) is 23.3 Å². The van der Waals surface area contributed by atoms with Gasteiger partial charge in [-0.25, -0.2) is 18.5 Å². The number of thioether (sulfide) groups is 1. The Bertz CT molecular complexity index is 1890. The summed E-state index contributed by atoms with van der Waals surface area (Å²) in [5, 5.41) is 7.46. The molecule has 0 aliphatic carbocycles. The van der Waals surface area contributed by atoms with E-state index >= 15 is 0 Å². The maximum atomic E-state index is 13.9. The number of rotatable bonds is 6. The van der Waals surface area contributed by atoms with Crippen molar-refractivity contribution in [2.45, 2.75) is 27.6 Å². The van der Waals surface area contributed by atoms with Crippen LogP contribution in [0.25, 0.3) is 0 Å². The highest BCUT2D eigenvalue weighted by molar-refractivity contribution is 9.10. The zero-order valence-electron chi connectivity index (χ0n) is 21.5. The van der Waals surface area contributed by atoms with Crippen molar-refractivity contribution in [1.82, 2.24) is 4.57 Å². The first kappa shape index (κ1) is 28.6. The molecule has 42 heavy (non-hydrogen) atoms. The van der Waals surface area contributed by atoms with E-state index in [0.717, 1.165) is 33.1 Å². The van der Waals surface area contributed by atoms with E-state index in [4.69, 9.17) is 5.14 Å². The highest BCUT2D eigenvalue weighted by Crippen LogP contribution is 2.53. The number of imide groups is 1. The molecular weight excluding hydrogens is 664 g/mol. The van der Waals surface area contributed by atoms with Crippen LogP contribution in [-0.4, -0.2) is 36.0 Å². The molecule has 3 amide bonds. The Morgan fingerprint density at radius 3 is 2.24 bits per heavy atom. The van der Waals surface area contributed by atoms with Crippen molar-refractivity contribution in [3.63, 3.8) is 0 Å². The molecule has 2 aliphatic heterocycles. The van der Waals surface area contributed by atoms with Crippen LogP contribution in [0.15, 0.2) is 98.1 Å². The van der Waals surface area contributed by atoms with Crippen molar-refractivity contribution in [1.29, 1.82) is 0 Å². The first-order valence-electron chi connectivity index (χ1n) is 12.5. The number of fused-ring (bicyclic) bond motifs is 2. The topological polar surface area (TPSA) is 149 Å². The molecule has 3 heterocycles. The van der Waals surface area contributed by atoms with E-state index < -0.39 is 37.9 Å². The van der Waals surface area contributed by atoms with Crippen molar-refractivity contribution in [2.75, 3.05) is 10.2 Å². The minimum atomic E-state index is -3.89. The lowest BCUT2D eigenvalue weighted by atomic mass is 9.83. The first-order valence-corrected chi connectivity index (χ1v) is 16.6. The predicted octanol–water partition coefficient (Wildman–Crippen LogP) is 3.75. The summed E-state index contributed by atoms with van der Waals surface area (Å²) in [7, 11) is -3.89. The van der Waals surface area contributed by atoms with Gasteiger partial charge < -0.3 is 5.32 Å². The second kappa shape index (κ2) is 10.9. The van der Waals surface area contributed by atoms with E-state index in [0.29, 0.717) is 21.3 Å². The van der Waals surface area contributed by atoms with Crippen LogP contribution in [0.3, 0.4) is 0 Å². The number of nitrogens with zero attached hydrogens (tertiary/aromatic N) is 2. The molecule has 214 valence electrons. The molecule has 1 saturated heterocycles. The molecule has 0 unspecified atom stereocenters. The Morgan fingerprint density at radius 2 is 1.60 bits per heavy atom. The van der Waals surface area contributed by atoms with Gasteiger partial charge in [0, 0.05) is 21.0 Å². The number of amides is 3. The van der Waals surface area contributed by atoms with Gasteiger partial charge in [0.2, 0.25) is 27.7 Å². The number of benzene rings is 3. The largest absolute Gasteiger partial charge is 0.325 e. The SMILES string of the molecule is NS(=O)(=O)c1ccc(NC(=O)Cn2c3c(sc2=O)[C@@H](c2ccccc2)[C@H]2C(=O)N(c4ccc(Br)cc4)C(=O)[C@H]2S3)cc1. The van der Waals surface area contributed by atoms with Crippen LogP contribution in [0.5, 0.6) is 0 Å². The highest BCUT2D eigenvalue weighted by atomic mass is 79.9. The van der Waals surface area contributed by atoms with Crippen molar-refractivity contribution >= 4 is 78.1 Å². The van der Waals surface area contributed by atoms with Crippen LogP contribution < -0.4 is 20.2 Å². The van der Waals surface area contributed by atoms with E-state index in [1.54, 1.807) is 24.3 Å². The van der Waals surface area contributed by atoms with E-state index in [9.17, 15) is 27.6 Å². The molecule has 3 atom stereocenters. The second-order valence-electron chi connectivity index (χ2n) is 9.68. The molecule has 4 aromatic rings. The number of sulfonamides is 1. The summed E-state index contributed by atoms with van der Waals surface area (Å²) in [6.07, 6.45) is 0. The average molecular weight is 686 g/mol. The van der Waals surface area contributed by atoms with Gasteiger partial charge >= 0.3 is 4.87 Å². The van der Waals surface area contributed by atoms with Gasteiger partial charge in [0.05, 0.1) is 21.5 Å². The van der Waals surface area contributed by atoms with Gasteiger partial charge in [0.25, 0.3) is 0 Å². The third-order valence-electron chi connectivity index (χ3n) is 7.06. The quantitative estimate of drug-likeness (QED) is 0.294. The lowest BCUT2D eigenvalue weighted by molar-refractivity contribution is -0.122. The van der Waals surface area contributed by atoms with Gasteiger partial charge in [-0.1, -0.05) is 69.4 Å². The van der Waals surface area contributed by atoms with Gasteiger partial charge in [-0.2, -0.15) is 0 Å². The van der Waals surface area contributed by atoms with Gasteiger partial charge in [-0.15, -0.1) is 0 Å². The van der Waals surface area contributed by atoms with Crippen molar-refractivity contribution in [3.8, 4) is 0 Å². The van der Waals surface area contributed by atoms with Gasteiger partial charge in [0.15, 0.2) is 0 Å². The van der Waals surface area contributed by atoms with Gasteiger partial charge in [-0.3, -0.25) is 23.7 Å². The van der Waals surface area contributed by atoms with Crippen molar-refractivity contribution in [2.24, 2.45) is 11.1 Å². The maximum Gasteiger partial charge on any atom is 0.308 e. The molecule has 1 fully saturated rings. The number of hydrogen-bond donors (Lipinski definition) is 2. The van der Waals surface area contributed by atoms with Gasteiger partial charge in [0.1, 0.15) is 11.8 Å². The minimum Gasteiger partial charge on any atom is -0.325 e. The lowest BCUT2D eigenvalue weighted by Gasteiger charge is -2.30. The number of aromatic nitrogens is 1. The summed E-state index contributed by atoms with van der Waals surface area (Å²) in [4.78, 5) is 55.2. The number of primary sulfonamides is 1. The number of hydrogen-bond acceptors (Lipinski definition) is 8. The van der Waals surface area contributed by atoms with E-state index in [2.05, 4.69) is 21.2 Å². The molecule has 0 saturated carbocycles. The second-order valence-corrected chi connectivity index (χ2v) is 14.3. The number of nitrogens with one attached hydrogen (secondary N) is 1. The average Bonchev–Trinajstić information content (AvgIpc) is 3.40. The molecule has 0 spiro atoms. The molecular formula is C28H21BrN4O6S3. The molecule has 0 radical (unpaired) electrons. The fourth-order valence-electron chi connectivity index (χ4n) is 5.19. The molecule has 3 aromatic carbocycles. The van der Waals surface area contributed by atoms with Crippen LogP contribution in [0.4, 0.5) is 11.4 Å². The Hall–Kier alpha value is -3.56. The summed E-state index contributed by atoms with van der Waals surface area (Å²) in [6, 6.07) is 21.5. The van der Waals surface area contributed by atoms with Crippen molar-refractivity contribution < 1.29 is 22.8 Å². The zero-order chi connectivity index (χ0) is 29.8. The van der Waals surface area contributed by atoms with Gasteiger partial charge in [-0.05, 0) is 54.1 Å². The Labute approximate surface area is 256 Å². The molecule has 3 N–H and O–H groups in total. The Morgan fingerprint density at radius 1 is 0.929 bits per heavy atom. The maximum absolute atomic E-state index is 13.9. The van der Waals surface area contributed by atoms with Crippen molar-refractivity contribution in [3.05, 3.63) is 103 Å². The van der Waals surface area contributed by atoms with Crippen LogP contribution in [0, 0.1) is 5.92 Å². The molecule has 6 rings (SSSR count). The van der Waals surface area contributed by atoms with Crippen LogP contribution >= 0.6 is 39.0 Å². The highest BCUT2D eigenvalue weighted by Gasteiger charge is 2.56. The van der Waals surface area contributed by atoms with E-state index in [1.807, 2.05) is 30.3 Å². The molecule has 14 heteroatoms. The number of anilines is 2. The number of thiazole rings is 1. The fourth-order valence-corrected chi connectivity index (χ4v) is 8.74. The summed E-state index contributed by atoms with van der Waals surface area (Å²) in [5.74, 6) is -2.54. The Kier molecular flexibility index (Phi) is 7.43. The minimum absolute atomic E-state index is 0.102. The van der Waals surface area contributed by atoms with E-state index in [1.165, 1.54) is 33.7 Å². The first-order chi connectivity index (χ1) is 20.0. The summed E-state index contributed by atoms with van der Waals surface area (Å²) >= 11 is 5.47.